The maximum Gasteiger partial charge on any atom is 0.212 e. The van der Waals surface area contributed by atoms with Crippen molar-refractivity contribution in [1.82, 2.24) is 19.8 Å². The minimum absolute atomic E-state index is 0.0522. The number of H-pyrrole nitrogens is 1. The lowest BCUT2D eigenvalue weighted by Crippen LogP contribution is -1.95. The van der Waals surface area contributed by atoms with Crippen LogP contribution < -0.4 is 5.32 Å². The fourth-order valence-corrected chi connectivity index (χ4v) is 2.93. The first-order valence-electron chi connectivity index (χ1n) is 6.79. The number of hydrogen-bond acceptors (Lipinski definition) is 3. The van der Waals surface area contributed by atoms with Crippen molar-refractivity contribution in [2.75, 3.05) is 5.32 Å². The summed E-state index contributed by atoms with van der Waals surface area (Å²) < 4.78 is 29.6. The van der Waals surface area contributed by atoms with Crippen LogP contribution in [0.4, 0.5) is 14.6 Å². The molecule has 1 amide bonds. The lowest BCUT2D eigenvalue weighted by Gasteiger charge is -2.09. The number of aromatic amines is 1. The average molecular weight is 348 g/mol. The van der Waals surface area contributed by atoms with Gasteiger partial charge in [0, 0.05) is 23.2 Å². The van der Waals surface area contributed by atoms with E-state index in [-0.39, 0.29) is 10.5 Å². The molecule has 0 radical (unpaired) electrons. The van der Waals surface area contributed by atoms with Gasteiger partial charge in [-0.15, -0.1) is 0 Å². The van der Waals surface area contributed by atoms with E-state index in [4.69, 9.17) is 11.6 Å². The molecule has 0 spiro atoms. The highest BCUT2D eigenvalue weighted by Crippen LogP contribution is 2.38. The highest BCUT2D eigenvalue weighted by Gasteiger charge is 2.21. The van der Waals surface area contributed by atoms with Gasteiger partial charge in [-0.1, -0.05) is 11.6 Å². The van der Waals surface area contributed by atoms with Gasteiger partial charge >= 0.3 is 0 Å². The summed E-state index contributed by atoms with van der Waals surface area (Å²) in [5, 5.41) is 12.8. The van der Waals surface area contributed by atoms with Crippen molar-refractivity contribution in [3.05, 3.63) is 47.2 Å². The molecule has 3 aromatic heterocycles. The standard InChI is InChI=1S/C15H8ClF2N5O/c16-12-11(9-5-20-21-15(9)14(18)13(12)17)7-1-2-23-8(3-7)4-10(22-23)19-6-24/h1-6H,(H,20,21)(H,19,22,24). The Hall–Kier alpha value is -3.00. The molecule has 0 saturated heterocycles. The first-order valence-corrected chi connectivity index (χ1v) is 7.17. The Morgan fingerprint density at radius 3 is 2.92 bits per heavy atom. The predicted molar refractivity (Wildman–Crippen MR) is 84.9 cm³/mol. The zero-order chi connectivity index (χ0) is 16.8. The average Bonchev–Trinajstić information content (AvgIpc) is 3.19. The number of amides is 1. The van der Waals surface area contributed by atoms with E-state index >= 15 is 0 Å². The number of nitrogens with zero attached hydrogens (tertiary/aromatic N) is 3. The van der Waals surface area contributed by atoms with Crippen LogP contribution in [0.1, 0.15) is 0 Å². The van der Waals surface area contributed by atoms with E-state index in [1.807, 2.05) is 0 Å². The van der Waals surface area contributed by atoms with Crippen LogP contribution in [0.2, 0.25) is 5.02 Å². The van der Waals surface area contributed by atoms with E-state index in [0.29, 0.717) is 34.3 Å². The maximum absolute atomic E-state index is 14.1. The summed E-state index contributed by atoms with van der Waals surface area (Å²) in [5.74, 6) is -1.84. The molecule has 4 rings (SSSR count). The highest BCUT2D eigenvalue weighted by atomic mass is 35.5. The summed E-state index contributed by atoms with van der Waals surface area (Å²) in [6.45, 7) is 0. The van der Waals surface area contributed by atoms with Gasteiger partial charge in [0.1, 0.15) is 5.52 Å². The number of fused-ring (bicyclic) bond motifs is 2. The second kappa shape index (κ2) is 5.27. The Labute approximate surface area is 138 Å². The molecule has 4 aromatic rings. The topological polar surface area (TPSA) is 75.1 Å². The van der Waals surface area contributed by atoms with Crippen molar-refractivity contribution in [3.8, 4) is 11.1 Å². The van der Waals surface area contributed by atoms with Crippen molar-refractivity contribution in [2.24, 2.45) is 0 Å². The normalized spacial score (nSPS) is 11.3. The minimum atomic E-state index is -1.14. The van der Waals surface area contributed by atoms with E-state index < -0.39 is 11.6 Å². The number of hydrogen-bond donors (Lipinski definition) is 2. The van der Waals surface area contributed by atoms with Crippen molar-refractivity contribution in [3.63, 3.8) is 0 Å². The highest BCUT2D eigenvalue weighted by molar-refractivity contribution is 6.35. The summed E-state index contributed by atoms with van der Waals surface area (Å²) in [7, 11) is 0. The van der Waals surface area contributed by atoms with Crippen molar-refractivity contribution < 1.29 is 13.6 Å². The van der Waals surface area contributed by atoms with Crippen molar-refractivity contribution in [2.45, 2.75) is 0 Å². The quantitative estimate of drug-likeness (QED) is 0.440. The van der Waals surface area contributed by atoms with Crippen molar-refractivity contribution in [1.29, 1.82) is 0 Å². The Balaban J connectivity index is 1.99. The number of nitrogens with one attached hydrogen (secondary N) is 2. The predicted octanol–water partition coefficient (Wildman–Crippen LogP) is 3.38. The molecule has 1 aromatic carbocycles. The van der Waals surface area contributed by atoms with Gasteiger partial charge in [0.25, 0.3) is 0 Å². The van der Waals surface area contributed by atoms with Gasteiger partial charge in [-0.2, -0.15) is 10.2 Å². The molecule has 0 bridgehead atoms. The molecule has 24 heavy (non-hydrogen) atoms. The van der Waals surface area contributed by atoms with Crippen LogP contribution in [0.5, 0.6) is 0 Å². The Kier molecular flexibility index (Phi) is 3.20. The van der Waals surface area contributed by atoms with Crippen LogP contribution in [-0.4, -0.2) is 26.2 Å². The molecule has 2 N–H and O–H groups in total. The molecule has 0 aliphatic heterocycles. The third-order valence-electron chi connectivity index (χ3n) is 3.69. The molecule has 9 heteroatoms. The molecule has 6 nitrogen and oxygen atoms in total. The zero-order valence-electron chi connectivity index (χ0n) is 11.8. The van der Waals surface area contributed by atoms with Gasteiger partial charge in [-0.05, 0) is 17.7 Å². The molecule has 120 valence electrons. The number of anilines is 1. The minimum Gasteiger partial charge on any atom is -0.312 e. The Morgan fingerprint density at radius 2 is 2.12 bits per heavy atom. The van der Waals surface area contributed by atoms with Crippen molar-refractivity contribution >= 4 is 40.2 Å². The molecule has 0 unspecified atom stereocenters. The van der Waals surface area contributed by atoms with Crippen LogP contribution in [0.3, 0.4) is 0 Å². The second-order valence-corrected chi connectivity index (χ2v) is 5.43. The summed E-state index contributed by atoms with van der Waals surface area (Å²) in [5.41, 5.74) is 1.49. The van der Waals surface area contributed by atoms with Gasteiger partial charge < -0.3 is 5.32 Å². The van der Waals surface area contributed by atoms with Crippen LogP contribution in [0, 0.1) is 11.6 Å². The van der Waals surface area contributed by atoms with Gasteiger partial charge in [-0.25, -0.2) is 13.3 Å². The number of pyridine rings is 1. The number of aromatic nitrogens is 4. The monoisotopic (exact) mass is 347 g/mol. The molecule has 0 fully saturated rings. The maximum atomic E-state index is 14.1. The third-order valence-corrected chi connectivity index (χ3v) is 4.05. The van der Waals surface area contributed by atoms with Gasteiger partial charge in [0.2, 0.25) is 6.41 Å². The number of carbonyl (C=O) groups excluding carboxylic acids is 1. The molecule has 0 aliphatic rings. The van der Waals surface area contributed by atoms with E-state index in [2.05, 4.69) is 20.6 Å². The summed E-state index contributed by atoms with van der Waals surface area (Å²) in [6, 6.07) is 5.00. The lowest BCUT2D eigenvalue weighted by molar-refractivity contribution is -0.105. The van der Waals surface area contributed by atoms with Crippen LogP contribution >= 0.6 is 11.6 Å². The number of halogens is 3. The van der Waals surface area contributed by atoms with E-state index in [1.54, 1.807) is 24.4 Å². The zero-order valence-corrected chi connectivity index (χ0v) is 12.6. The van der Waals surface area contributed by atoms with E-state index in [9.17, 15) is 13.6 Å². The smallest absolute Gasteiger partial charge is 0.212 e. The number of benzene rings is 1. The van der Waals surface area contributed by atoms with Gasteiger partial charge in [0.05, 0.1) is 16.7 Å². The lowest BCUT2D eigenvalue weighted by atomic mass is 10.0. The van der Waals surface area contributed by atoms with Crippen LogP contribution in [0.15, 0.2) is 30.6 Å². The number of carbonyl (C=O) groups is 1. The molecular weight excluding hydrogens is 340 g/mol. The second-order valence-electron chi connectivity index (χ2n) is 5.05. The third kappa shape index (κ3) is 2.04. The Bertz CT molecular complexity index is 1100. The SMILES string of the molecule is O=CNc1cc2cc(-c3c(Cl)c(F)c(F)c4[nH]ncc34)ccn2n1. The van der Waals surface area contributed by atoms with Gasteiger partial charge in [-0.3, -0.25) is 9.89 Å². The largest absolute Gasteiger partial charge is 0.312 e. The summed E-state index contributed by atoms with van der Waals surface area (Å²) in [4.78, 5) is 10.5. The number of rotatable bonds is 3. The molecular formula is C15H8ClF2N5O. The summed E-state index contributed by atoms with van der Waals surface area (Å²) in [6.07, 6.45) is 3.53. The fourth-order valence-electron chi connectivity index (χ4n) is 2.64. The first kappa shape index (κ1) is 14.6. The Morgan fingerprint density at radius 1 is 1.29 bits per heavy atom. The van der Waals surface area contributed by atoms with Gasteiger partial charge in [0.15, 0.2) is 17.5 Å². The van der Waals surface area contributed by atoms with Crippen LogP contribution in [-0.2, 0) is 4.79 Å². The fraction of sp³-hybridized carbons (Fsp3) is 0. The molecule has 0 aliphatic carbocycles. The first-order chi connectivity index (χ1) is 11.6. The molecule has 0 saturated carbocycles. The van der Waals surface area contributed by atoms with Crippen LogP contribution in [0.25, 0.3) is 27.5 Å². The van der Waals surface area contributed by atoms with E-state index in [1.165, 1.54) is 10.7 Å². The summed E-state index contributed by atoms with van der Waals surface area (Å²) >= 11 is 6.04. The molecule has 0 atom stereocenters. The van der Waals surface area contributed by atoms with E-state index in [0.717, 1.165) is 0 Å². The molecule has 3 heterocycles.